The predicted octanol–water partition coefficient (Wildman–Crippen LogP) is 2.50. The molecule has 2 heterocycles. The highest BCUT2D eigenvalue weighted by Gasteiger charge is 2.12. The highest BCUT2D eigenvalue weighted by molar-refractivity contribution is 6.02. The molecular formula is C17H12N2O5. The lowest BCUT2D eigenvalue weighted by Gasteiger charge is -2.01. The number of aromatic amines is 1. The molecule has 0 atom stereocenters. The van der Waals surface area contributed by atoms with Gasteiger partial charge < -0.3 is 19.2 Å². The highest BCUT2D eigenvalue weighted by Crippen LogP contribution is 2.32. The molecule has 1 aliphatic heterocycles. The van der Waals surface area contributed by atoms with Crippen molar-refractivity contribution < 1.29 is 18.7 Å². The minimum Gasteiger partial charge on any atom is -0.454 e. The first-order valence-corrected chi connectivity index (χ1v) is 7.19. The number of aromatic nitrogens is 1. The highest BCUT2D eigenvalue weighted by atomic mass is 16.7. The molecular weight excluding hydrogens is 312 g/mol. The molecule has 1 amide bonds. The largest absolute Gasteiger partial charge is 0.454 e. The third-order valence-corrected chi connectivity index (χ3v) is 3.51. The van der Waals surface area contributed by atoms with Crippen molar-refractivity contribution in [2.75, 3.05) is 12.1 Å². The zero-order chi connectivity index (χ0) is 16.5. The number of hydrogen-bond donors (Lipinski definition) is 2. The van der Waals surface area contributed by atoms with Crippen LogP contribution in [0.1, 0.15) is 5.56 Å². The van der Waals surface area contributed by atoms with E-state index < -0.39 is 5.76 Å². The summed E-state index contributed by atoms with van der Waals surface area (Å²) in [5.41, 5.74) is 2.34. The third-order valence-electron chi connectivity index (χ3n) is 3.51. The maximum absolute atomic E-state index is 12.0. The van der Waals surface area contributed by atoms with Crippen molar-refractivity contribution in [3.63, 3.8) is 0 Å². The van der Waals surface area contributed by atoms with Crippen LogP contribution in [-0.4, -0.2) is 17.7 Å². The Morgan fingerprint density at radius 2 is 2.00 bits per heavy atom. The van der Waals surface area contributed by atoms with E-state index in [1.807, 2.05) is 6.07 Å². The Hall–Kier alpha value is -3.48. The van der Waals surface area contributed by atoms with Crippen molar-refractivity contribution in [2.24, 2.45) is 0 Å². The fourth-order valence-electron chi connectivity index (χ4n) is 2.40. The van der Waals surface area contributed by atoms with Gasteiger partial charge in [0.25, 0.3) is 0 Å². The first kappa shape index (κ1) is 14.1. The van der Waals surface area contributed by atoms with Crippen LogP contribution < -0.4 is 20.5 Å². The minimum atomic E-state index is -0.531. The Morgan fingerprint density at radius 3 is 2.92 bits per heavy atom. The quantitative estimate of drug-likeness (QED) is 0.722. The summed E-state index contributed by atoms with van der Waals surface area (Å²) < 4.78 is 15.4. The third kappa shape index (κ3) is 2.74. The van der Waals surface area contributed by atoms with Gasteiger partial charge in [-0.15, -0.1) is 0 Å². The van der Waals surface area contributed by atoms with Crippen LogP contribution >= 0.6 is 0 Å². The number of anilines is 1. The molecule has 3 aromatic rings. The molecule has 7 heteroatoms. The smallest absolute Gasteiger partial charge is 0.417 e. The minimum absolute atomic E-state index is 0.210. The van der Waals surface area contributed by atoms with Crippen LogP contribution in [0.2, 0.25) is 0 Å². The van der Waals surface area contributed by atoms with Crippen molar-refractivity contribution in [1.82, 2.24) is 4.98 Å². The van der Waals surface area contributed by atoms with Crippen LogP contribution in [-0.2, 0) is 4.79 Å². The summed E-state index contributed by atoms with van der Waals surface area (Å²) in [5, 5.41) is 2.72. The molecule has 7 nitrogen and oxygen atoms in total. The number of carbonyl (C=O) groups excluding carboxylic acids is 1. The average Bonchev–Trinajstić information content (AvgIpc) is 3.17. The molecule has 1 aromatic heterocycles. The number of rotatable bonds is 3. The Morgan fingerprint density at radius 1 is 1.12 bits per heavy atom. The molecule has 0 spiro atoms. The van der Waals surface area contributed by atoms with Gasteiger partial charge in [-0.3, -0.25) is 9.78 Å². The number of H-pyrrole nitrogens is 1. The number of oxazole rings is 1. The SMILES string of the molecule is O=C(C=Cc1ccc2c(c1)OCO2)Nc1ccc2oc(=O)[nH]c2c1. The van der Waals surface area contributed by atoms with E-state index in [0.29, 0.717) is 28.3 Å². The van der Waals surface area contributed by atoms with E-state index in [1.54, 1.807) is 36.4 Å². The van der Waals surface area contributed by atoms with Crippen LogP contribution in [0.25, 0.3) is 17.2 Å². The van der Waals surface area contributed by atoms with Crippen molar-refractivity contribution in [3.05, 3.63) is 58.6 Å². The van der Waals surface area contributed by atoms with Gasteiger partial charge in [0.2, 0.25) is 12.7 Å². The monoisotopic (exact) mass is 324 g/mol. The second-order valence-electron chi connectivity index (χ2n) is 5.16. The lowest BCUT2D eigenvalue weighted by atomic mass is 10.2. The lowest BCUT2D eigenvalue weighted by Crippen LogP contribution is -2.07. The molecule has 0 saturated heterocycles. The molecule has 120 valence electrons. The standard InChI is InChI=1S/C17H12N2O5/c20-16(6-2-10-1-4-14-15(7-10)23-9-22-14)18-11-3-5-13-12(8-11)19-17(21)24-13/h1-8H,9H2,(H,18,20)(H,19,21). The molecule has 0 bridgehead atoms. The second-order valence-corrected chi connectivity index (χ2v) is 5.16. The van der Waals surface area contributed by atoms with Gasteiger partial charge in [0.15, 0.2) is 17.1 Å². The molecule has 0 fully saturated rings. The van der Waals surface area contributed by atoms with Crippen LogP contribution in [0.4, 0.5) is 5.69 Å². The number of benzene rings is 2. The van der Waals surface area contributed by atoms with E-state index in [1.165, 1.54) is 6.08 Å². The number of hydrogen-bond acceptors (Lipinski definition) is 5. The van der Waals surface area contributed by atoms with E-state index in [0.717, 1.165) is 5.56 Å². The van der Waals surface area contributed by atoms with Crippen LogP contribution in [0.3, 0.4) is 0 Å². The maximum atomic E-state index is 12.0. The summed E-state index contributed by atoms with van der Waals surface area (Å²) in [4.78, 5) is 25.7. The second kappa shape index (κ2) is 5.62. The fraction of sp³-hybridized carbons (Fsp3) is 0.0588. The van der Waals surface area contributed by atoms with Crippen LogP contribution in [0.15, 0.2) is 51.7 Å². The van der Waals surface area contributed by atoms with E-state index in [9.17, 15) is 9.59 Å². The number of carbonyl (C=O) groups is 1. The Kier molecular flexibility index (Phi) is 3.31. The van der Waals surface area contributed by atoms with Gasteiger partial charge in [-0.2, -0.15) is 0 Å². The number of nitrogens with one attached hydrogen (secondary N) is 2. The Bertz CT molecular complexity index is 1020. The summed E-state index contributed by atoms with van der Waals surface area (Å²) in [6, 6.07) is 10.3. The molecule has 0 saturated carbocycles. The Balaban J connectivity index is 1.48. The molecule has 0 aliphatic carbocycles. The van der Waals surface area contributed by atoms with Crippen molar-refractivity contribution in [3.8, 4) is 11.5 Å². The maximum Gasteiger partial charge on any atom is 0.417 e. The zero-order valence-corrected chi connectivity index (χ0v) is 12.4. The van der Waals surface area contributed by atoms with Crippen LogP contribution in [0.5, 0.6) is 11.5 Å². The first-order chi connectivity index (χ1) is 11.7. The molecule has 4 rings (SSSR count). The van der Waals surface area contributed by atoms with Gasteiger partial charge in [-0.25, -0.2) is 4.79 Å². The summed E-state index contributed by atoms with van der Waals surface area (Å²) in [5.74, 6) is 0.528. The summed E-state index contributed by atoms with van der Waals surface area (Å²) in [6.07, 6.45) is 3.09. The molecule has 2 aromatic carbocycles. The molecule has 1 aliphatic rings. The topological polar surface area (TPSA) is 93.6 Å². The van der Waals surface area contributed by atoms with E-state index in [-0.39, 0.29) is 12.7 Å². The summed E-state index contributed by atoms with van der Waals surface area (Å²) in [7, 11) is 0. The van der Waals surface area contributed by atoms with E-state index in [4.69, 9.17) is 13.9 Å². The van der Waals surface area contributed by atoms with Crippen molar-refractivity contribution in [1.29, 1.82) is 0 Å². The van der Waals surface area contributed by atoms with Crippen molar-refractivity contribution in [2.45, 2.75) is 0 Å². The summed E-state index contributed by atoms with van der Waals surface area (Å²) >= 11 is 0. The van der Waals surface area contributed by atoms with Gasteiger partial charge >= 0.3 is 5.76 Å². The van der Waals surface area contributed by atoms with Gasteiger partial charge in [-0.1, -0.05) is 6.07 Å². The average molecular weight is 324 g/mol. The Labute approximate surface area is 135 Å². The first-order valence-electron chi connectivity index (χ1n) is 7.19. The van der Waals surface area contributed by atoms with E-state index >= 15 is 0 Å². The number of amides is 1. The van der Waals surface area contributed by atoms with Gasteiger partial charge in [0.05, 0.1) is 5.52 Å². The molecule has 24 heavy (non-hydrogen) atoms. The van der Waals surface area contributed by atoms with Gasteiger partial charge in [0, 0.05) is 11.8 Å². The van der Waals surface area contributed by atoms with Crippen molar-refractivity contribution >= 4 is 28.8 Å². The summed E-state index contributed by atoms with van der Waals surface area (Å²) in [6.45, 7) is 0.210. The zero-order valence-electron chi connectivity index (χ0n) is 12.4. The number of fused-ring (bicyclic) bond motifs is 2. The van der Waals surface area contributed by atoms with Gasteiger partial charge in [0.1, 0.15) is 0 Å². The van der Waals surface area contributed by atoms with Crippen LogP contribution in [0, 0.1) is 0 Å². The predicted molar refractivity (Wildman–Crippen MR) is 87.1 cm³/mol. The molecule has 0 radical (unpaired) electrons. The van der Waals surface area contributed by atoms with Gasteiger partial charge in [-0.05, 0) is 42.0 Å². The lowest BCUT2D eigenvalue weighted by molar-refractivity contribution is -0.111. The number of ether oxygens (including phenoxy) is 2. The normalized spacial score (nSPS) is 12.8. The van der Waals surface area contributed by atoms with E-state index in [2.05, 4.69) is 10.3 Å². The molecule has 2 N–H and O–H groups in total. The fourth-order valence-corrected chi connectivity index (χ4v) is 2.40. The molecule has 0 unspecified atom stereocenters.